The molecule has 0 bridgehead atoms. The molecule has 4 nitrogen and oxygen atoms in total. The smallest absolute Gasteiger partial charge is 0.264 e. The second-order valence-electron chi connectivity index (χ2n) is 3.99. The number of thiophene rings is 1. The lowest BCUT2D eigenvalue weighted by molar-refractivity contribution is -0.137. The summed E-state index contributed by atoms with van der Waals surface area (Å²) in [5, 5.41) is 6.50. The molecule has 20 heavy (non-hydrogen) atoms. The quantitative estimate of drug-likeness (QED) is 0.678. The molecule has 0 fully saturated rings. The molecule has 0 unspecified atom stereocenters. The van der Waals surface area contributed by atoms with Crippen molar-refractivity contribution >= 4 is 33.2 Å². The van der Waals surface area contributed by atoms with Gasteiger partial charge in [0.25, 0.3) is 0 Å². The van der Waals surface area contributed by atoms with Crippen LogP contribution in [0.5, 0.6) is 0 Å². The minimum atomic E-state index is -4.41. The molecule has 0 spiro atoms. The van der Waals surface area contributed by atoms with Gasteiger partial charge in [0.05, 0.1) is 11.8 Å². The van der Waals surface area contributed by atoms with Crippen molar-refractivity contribution in [3.63, 3.8) is 0 Å². The van der Waals surface area contributed by atoms with Crippen molar-refractivity contribution in [1.82, 2.24) is 19.7 Å². The molecule has 0 amide bonds. The zero-order valence-electron chi connectivity index (χ0n) is 9.73. The Morgan fingerprint density at radius 2 is 2.10 bits per heavy atom. The first-order valence-corrected chi connectivity index (χ1v) is 6.68. The first-order chi connectivity index (χ1) is 9.43. The first kappa shape index (κ1) is 13.3. The molecule has 0 aromatic carbocycles. The predicted octanol–water partition coefficient (Wildman–Crippen LogP) is 3.61. The highest BCUT2D eigenvalue weighted by atomic mass is 35.5. The number of hydrogen-bond donors (Lipinski definition) is 0. The first-order valence-electron chi connectivity index (χ1n) is 5.43. The van der Waals surface area contributed by atoms with Crippen LogP contribution in [-0.2, 0) is 12.7 Å². The van der Waals surface area contributed by atoms with Crippen LogP contribution in [0.2, 0.25) is 5.15 Å². The molecule has 0 radical (unpaired) electrons. The van der Waals surface area contributed by atoms with Gasteiger partial charge in [0.15, 0.2) is 5.82 Å². The highest BCUT2D eigenvalue weighted by Crippen LogP contribution is 2.29. The molecule has 0 N–H and O–H groups in total. The van der Waals surface area contributed by atoms with E-state index in [9.17, 15) is 13.2 Å². The lowest BCUT2D eigenvalue weighted by Gasteiger charge is -2.03. The van der Waals surface area contributed by atoms with E-state index in [-0.39, 0.29) is 11.7 Å². The molecule has 9 heteroatoms. The molecular weight excluding hydrogens is 313 g/mol. The molecule has 3 heterocycles. The van der Waals surface area contributed by atoms with Crippen LogP contribution in [-0.4, -0.2) is 19.7 Å². The van der Waals surface area contributed by atoms with Gasteiger partial charge in [-0.1, -0.05) is 11.6 Å². The van der Waals surface area contributed by atoms with E-state index in [1.165, 1.54) is 11.3 Å². The van der Waals surface area contributed by atoms with Gasteiger partial charge in [-0.25, -0.2) is 9.97 Å². The van der Waals surface area contributed by atoms with E-state index in [1.807, 2.05) is 5.38 Å². The molecule has 0 aliphatic rings. The molecule has 104 valence electrons. The lowest BCUT2D eigenvalue weighted by atomic mass is 10.3. The zero-order valence-corrected chi connectivity index (χ0v) is 11.3. The van der Waals surface area contributed by atoms with Crippen LogP contribution >= 0.6 is 22.9 Å². The third-order valence-electron chi connectivity index (χ3n) is 2.59. The Balaban J connectivity index is 1.91. The maximum atomic E-state index is 12.5. The van der Waals surface area contributed by atoms with E-state index in [2.05, 4.69) is 15.1 Å². The number of aromatic nitrogens is 4. The Labute approximate surface area is 119 Å². The Kier molecular flexibility index (Phi) is 3.14. The molecular formula is C11H6ClF3N4S. The summed E-state index contributed by atoms with van der Waals surface area (Å²) in [6.45, 7) is 0.0314. The van der Waals surface area contributed by atoms with Gasteiger partial charge in [-0.2, -0.15) is 18.3 Å². The van der Waals surface area contributed by atoms with Crippen LogP contribution in [0.1, 0.15) is 11.4 Å². The highest BCUT2D eigenvalue weighted by Gasteiger charge is 2.32. The van der Waals surface area contributed by atoms with Crippen LogP contribution in [0.15, 0.2) is 23.8 Å². The summed E-state index contributed by atoms with van der Waals surface area (Å²) < 4.78 is 38.5. The van der Waals surface area contributed by atoms with Gasteiger partial charge in [-0.3, -0.25) is 4.68 Å². The Hall–Kier alpha value is -1.67. The SMILES string of the molecule is FC(F)(F)c1cnn(Cc2nc(Cl)c3ccsc3n2)c1. The standard InChI is InChI=1S/C11H6ClF3N4S/c12-9-7-1-2-20-10(7)18-8(17-9)5-19-4-6(3-16-19)11(13,14)15/h1-4H,5H2. The number of rotatable bonds is 2. The summed E-state index contributed by atoms with van der Waals surface area (Å²) in [4.78, 5) is 9.00. The van der Waals surface area contributed by atoms with Crippen LogP contribution < -0.4 is 0 Å². The number of alkyl halides is 3. The van der Waals surface area contributed by atoms with E-state index in [4.69, 9.17) is 11.6 Å². The van der Waals surface area contributed by atoms with Gasteiger partial charge < -0.3 is 0 Å². The molecule has 0 aliphatic heterocycles. The Morgan fingerprint density at radius 1 is 1.30 bits per heavy atom. The van der Waals surface area contributed by atoms with E-state index >= 15 is 0 Å². The third kappa shape index (κ3) is 2.48. The predicted molar refractivity (Wildman–Crippen MR) is 68.8 cm³/mol. The maximum Gasteiger partial charge on any atom is 0.419 e. The summed E-state index contributed by atoms with van der Waals surface area (Å²) in [7, 11) is 0. The minimum absolute atomic E-state index is 0.0314. The van der Waals surface area contributed by atoms with Crippen molar-refractivity contribution in [3.05, 3.63) is 40.4 Å². The summed E-state index contributed by atoms with van der Waals surface area (Å²) in [5.41, 5.74) is -0.805. The van der Waals surface area contributed by atoms with Crippen molar-refractivity contribution in [3.8, 4) is 0 Å². The number of halogens is 4. The van der Waals surface area contributed by atoms with Gasteiger partial charge in [0, 0.05) is 11.6 Å². The summed E-state index contributed by atoms with van der Waals surface area (Å²) in [6, 6.07) is 1.79. The average Bonchev–Trinajstić information content (AvgIpc) is 2.96. The summed E-state index contributed by atoms with van der Waals surface area (Å²) in [6.07, 6.45) is -2.73. The fourth-order valence-corrected chi connectivity index (χ4v) is 2.76. The summed E-state index contributed by atoms with van der Waals surface area (Å²) in [5.74, 6) is 0.321. The Bertz CT molecular complexity index is 764. The molecule has 0 saturated heterocycles. The number of nitrogens with zero attached hydrogens (tertiary/aromatic N) is 4. The Morgan fingerprint density at radius 3 is 2.80 bits per heavy atom. The molecule has 3 aromatic rings. The van der Waals surface area contributed by atoms with Crippen molar-refractivity contribution in [1.29, 1.82) is 0 Å². The number of hydrogen-bond acceptors (Lipinski definition) is 4. The highest BCUT2D eigenvalue weighted by molar-refractivity contribution is 7.16. The van der Waals surface area contributed by atoms with Crippen molar-refractivity contribution in [2.45, 2.75) is 12.7 Å². The molecule has 0 atom stereocenters. The van der Waals surface area contributed by atoms with E-state index in [0.29, 0.717) is 10.7 Å². The van der Waals surface area contributed by atoms with E-state index in [0.717, 1.165) is 22.5 Å². The lowest BCUT2D eigenvalue weighted by Crippen LogP contribution is -2.06. The van der Waals surface area contributed by atoms with E-state index < -0.39 is 11.7 Å². The molecule has 0 saturated carbocycles. The van der Waals surface area contributed by atoms with Gasteiger partial charge in [0.2, 0.25) is 0 Å². The van der Waals surface area contributed by atoms with E-state index in [1.54, 1.807) is 6.07 Å². The minimum Gasteiger partial charge on any atom is -0.264 e. The monoisotopic (exact) mass is 318 g/mol. The van der Waals surface area contributed by atoms with Gasteiger partial charge in [-0.05, 0) is 11.4 Å². The fraction of sp³-hybridized carbons (Fsp3) is 0.182. The topological polar surface area (TPSA) is 43.6 Å². The second kappa shape index (κ2) is 4.71. The third-order valence-corrected chi connectivity index (χ3v) is 3.68. The van der Waals surface area contributed by atoms with Crippen molar-refractivity contribution in [2.24, 2.45) is 0 Å². The largest absolute Gasteiger partial charge is 0.419 e. The fourth-order valence-electron chi connectivity index (χ4n) is 1.67. The van der Waals surface area contributed by atoms with Crippen molar-refractivity contribution < 1.29 is 13.2 Å². The zero-order chi connectivity index (χ0) is 14.3. The summed E-state index contributed by atoms with van der Waals surface area (Å²) >= 11 is 7.38. The van der Waals surface area contributed by atoms with Crippen LogP contribution in [0.25, 0.3) is 10.2 Å². The molecule has 3 rings (SSSR count). The van der Waals surface area contributed by atoms with Crippen molar-refractivity contribution in [2.75, 3.05) is 0 Å². The van der Waals surface area contributed by atoms with Gasteiger partial charge >= 0.3 is 6.18 Å². The van der Waals surface area contributed by atoms with Crippen LogP contribution in [0, 0.1) is 0 Å². The van der Waals surface area contributed by atoms with Crippen LogP contribution in [0.3, 0.4) is 0 Å². The maximum absolute atomic E-state index is 12.5. The van der Waals surface area contributed by atoms with Gasteiger partial charge in [-0.15, -0.1) is 11.3 Å². The second-order valence-corrected chi connectivity index (χ2v) is 5.25. The molecule has 0 aliphatic carbocycles. The molecule has 3 aromatic heterocycles. The number of fused-ring (bicyclic) bond motifs is 1. The van der Waals surface area contributed by atoms with Crippen LogP contribution in [0.4, 0.5) is 13.2 Å². The van der Waals surface area contributed by atoms with Gasteiger partial charge in [0.1, 0.15) is 16.5 Å². The average molecular weight is 319 g/mol. The normalized spacial score (nSPS) is 12.2.